The molecule has 1 aromatic rings. The lowest BCUT2D eigenvalue weighted by molar-refractivity contribution is -0.384. The molecule has 0 radical (unpaired) electrons. The van der Waals surface area contributed by atoms with Gasteiger partial charge in [0.1, 0.15) is 5.69 Å². The van der Waals surface area contributed by atoms with Gasteiger partial charge in [0.15, 0.2) is 0 Å². The molecule has 1 aliphatic rings. The van der Waals surface area contributed by atoms with Crippen molar-refractivity contribution in [1.29, 1.82) is 0 Å². The third-order valence-corrected chi connectivity index (χ3v) is 6.54. The molecule has 1 aliphatic heterocycles. The average molecular weight is 399 g/mol. The van der Waals surface area contributed by atoms with Crippen LogP contribution in [0.4, 0.5) is 11.4 Å². The highest BCUT2D eigenvalue weighted by Crippen LogP contribution is 2.28. The van der Waals surface area contributed by atoms with Crippen molar-refractivity contribution in [3.8, 4) is 0 Å². The number of anilines is 1. The van der Waals surface area contributed by atoms with Gasteiger partial charge in [-0.3, -0.25) is 15.0 Å². The average Bonchev–Trinajstić information content (AvgIpc) is 2.90. The van der Waals surface area contributed by atoms with Crippen molar-refractivity contribution < 1.29 is 13.3 Å². The van der Waals surface area contributed by atoms with E-state index in [-0.39, 0.29) is 16.6 Å². The summed E-state index contributed by atoms with van der Waals surface area (Å²) in [4.78, 5) is 13.3. The number of nitro groups is 1. The van der Waals surface area contributed by atoms with E-state index in [0.717, 1.165) is 19.2 Å². The molecule has 0 aliphatic carbocycles. The predicted molar refractivity (Wildman–Crippen MR) is 106 cm³/mol. The summed E-state index contributed by atoms with van der Waals surface area (Å²) in [6.07, 6.45) is 4.86. The molecule has 1 heterocycles. The van der Waals surface area contributed by atoms with Crippen molar-refractivity contribution in [2.75, 3.05) is 32.0 Å². The number of likely N-dealkylation sites (tertiary alicyclic amines) is 1. The predicted octanol–water partition coefficient (Wildman–Crippen LogP) is 2.82. The molecule has 9 heteroatoms. The van der Waals surface area contributed by atoms with Crippen LogP contribution in [-0.4, -0.2) is 51.0 Å². The number of nitrogens with one attached hydrogen (secondary N) is 2. The molecular weight excluding hydrogens is 368 g/mol. The molecule has 0 unspecified atom stereocenters. The van der Waals surface area contributed by atoms with Crippen LogP contribution in [0.25, 0.3) is 0 Å². The Balaban J connectivity index is 2.20. The van der Waals surface area contributed by atoms with Crippen LogP contribution in [0.3, 0.4) is 0 Å². The van der Waals surface area contributed by atoms with Crippen LogP contribution in [0.1, 0.15) is 39.5 Å². The molecule has 152 valence electrons. The smallest absolute Gasteiger partial charge is 0.293 e. The highest BCUT2D eigenvalue weighted by Gasteiger charge is 2.25. The minimum Gasteiger partial charge on any atom is -0.378 e. The Kier molecular flexibility index (Phi) is 7.58. The maximum atomic E-state index is 11.9. The molecular formula is C18H30N4O4S. The molecule has 8 nitrogen and oxygen atoms in total. The maximum Gasteiger partial charge on any atom is 0.293 e. The van der Waals surface area contributed by atoms with Crippen molar-refractivity contribution in [1.82, 2.24) is 9.62 Å². The monoisotopic (exact) mass is 398 g/mol. The van der Waals surface area contributed by atoms with Crippen LogP contribution in [-0.2, 0) is 10.0 Å². The summed E-state index contributed by atoms with van der Waals surface area (Å²) in [5.74, 6) is 0.401. The molecule has 0 saturated carbocycles. The first-order valence-corrected chi connectivity index (χ1v) is 10.9. The number of benzene rings is 1. The third-order valence-electron chi connectivity index (χ3n) is 5.13. The van der Waals surface area contributed by atoms with Gasteiger partial charge < -0.3 is 5.32 Å². The van der Waals surface area contributed by atoms with Gasteiger partial charge in [0, 0.05) is 18.7 Å². The highest BCUT2D eigenvalue weighted by atomic mass is 32.2. The second-order valence-electron chi connectivity index (χ2n) is 7.29. The van der Waals surface area contributed by atoms with Crippen LogP contribution in [0.15, 0.2) is 23.1 Å². The van der Waals surface area contributed by atoms with Crippen LogP contribution in [0.5, 0.6) is 0 Å². The van der Waals surface area contributed by atoms with Crippen LogP contribution in [0, 0.1) is 16.0 Å². The van der Waals surface area contributed by atoms with Gasteiger partial charge in [-0.2, -0.15) is 0 Å². The summed E-state index contributed by atoms with van der Waals surface area (Å²) >= 11 is 0. The van der Waals surface area contributed by atoms with Crippen molar-refractivity contribution in [3.63, 3.8) is 0 Å². The Bertz CT molecular complexity index is 744. The first-order chi connectivity index (χ1) is 12.8. The minimum atomic E-state index is -3.73. The van der Waals surface area contributed by atoms with Gasteiger partial charge in [-0.05, 0) is 51.0 Å². The third kappa shape index (κ3) is 5.63. The summed E-state index contributed by atoms with van der Waals surface area (Å²) in [7, 11) is -2.45. The van der Waals surface area contributed by atoms with Gasteiger partial charge in [0.25, 0.3) is 5.69 Å². The fraction of sp³-hybridized carbons (Fsp3) is 0.667. The largest absolute Gasteiger partial charge is 0.378 e. The highest BCUT2D eigenvalue weighted by molar-refractivity contribution is 7.89. The number of rotatable bonds is 8. The van der Waals surface area contributed by atoms with E-state index in [2.05, 4.69) is 28.8 Å². The molecule has 1 atom stereocenters. The van der Waals surface area contributed by atoms with E-state index in [0.29, 0.717) is 18.2 Å². The van der Waals surface area contributed by atoms with Crippen LogP contribution >= 0.6 is 0 Å². The maximum absolute atomic E-state index is 11.9. The van der Waals surface area contributed by atoms with Crippen molar-refractivity contribution in [3.05, 3.63) is 28.3 Å². The number of nitro benzene ring substituents is 1. The summed E-state index contributed by atoms with van der Waals surface area (Å²) in [5.41, 5.74) is 0.111. The summed E-state index contributed by atoms with van der Waals surface area (Å²) in [5, 5.41) is 14.6. The van der Waals surface area contributed by atoms with Gasteiger partial charge in [0.2, 0.25) is 10.0 Å². The van der Waals surface area contributed by atoms with Crippen molar-refractivity contribution in [2.45, 2.75) is 50.5 Å². The Labute approximate surface area is 161 Å². The molecule has 0 bridgehead atoms. The number of nitrogens with zero attached hydrogens (tertiary/aromatic N) is 2. The summed E-state index contributed by atoms with van der Waals surface area (Å²) in [6.45, 7) is 7.00. The quantitative estimate of drug-likeness (QED) is 0.515. The fourth-order valence-corrected chi connectivity index (χ4v) is 4.27. The molecule has 0 amide bonds. The Morgan fingerprint density at radius 3 is 2.33 bits per heavy atom. The van der Waals surface area contributed by atoms with E-state index in [1.165, 1.54) is 44.9 Å². The minimum absolute atomic E-state index is 0.116. The summed E-state index contributed by atoms with van der Waals surface area (Å²) in [6, 6.07) is 4.23. The van der Waals surface area contributed by atoms with E-state index in [9.17, 15) is 18.5 Å². The standard InChI is InChI=1S/C18H30N4O4S/c1-14(2)18(21-10-6-4-5-7-11-21)13-20-16-9-8-15(27(25,26)19-3)12-17(16)22(23)24/h8-9,12,14,18-20H,4-7,10-11,13H2,1-3H3/t18-/m0/s1. The Morgan fingerprint density at radius 2 is 1.81 bits per heavy atom. The van der Waals surface area contributed by atoms with Gasteiger partial charge in [-0.25, -0.2) is 13.1 Å². The first kappa shape index (κ1) is 21.6. The Hall–Kier alpha value is -1.71. The van der Waals surface area contributed by atoms with E-state index in [4.69, 9.17) is 0 Å². The Morgan fingerprint density at radius 1 is 1.19 bits per heavy atom. The molecule has 1 fully saturated rings. The zero-order valence-corrected chi connectivity index (χ0v) is 17.1. The first-order valence-electron chi connectivity index (χ1n) is 9.46. The number of hydrogen-bond acceptors (Lipinski definition) is 6. The lowest BCUT2D eigenvalue weighted by atomic mass is 10.0. The molecule has 2 N–H and O–H groups in total. The molecule has 27 heavy (non-hydrogen) atoms. The summed E-state index contributed by atoms with van der Waals surface area (Å²) < 4.78 is 26.0. The zero-order chi connectivity index (χ0) is 20.0. The second-order valence-corrected chi connectivity index (χ2v) is 9.17. The molecule has 0 aromatic heterocycles. The van der Waals surface area contributed by atoms with Gasteiger partial charge in [-0.1, -0.05) is 26.7 Å². The SMILES string of the molecule is CNS(=O)(=O)c1ccc(NC[C@@H](C(C)C)N2CCCCCC2)c([N+](=O)[O-])c1. The topological polar surface area (TPSA) is 105 Å². The molecule has 0 spiro atoms. The van der Waals surface area contributed by atoms with E-state index in [1.807, 2.05) is 0 Å². The van der Waals surface area contributed by atoms with Gasteiger partial charge in [0.05, 0.1) is 9.82 Å². The van der Waals surface area contributed by atoms with Crippen molar-refractivity contribution >= 4 is 21.4 Å². The van der Waals surface area contributed by atoms with E-state index in [1.54, 1.807) is 0 Å². The zero-order valence-electron chi connectivity index (χ0n) is 16.3. The van der Waals surface area contributed by atoms with Crippen LogP contribution < -0.4 is 10.0 Å². The fourth-order valence-electron chi connectivity index (χ4n) is 3.52. The normalized spacial score (nSPS) is 17.5. The lowest BCUT2D eigenvalue weighted by Crippen LogP contribution is -2.44. The van der Waals surface area contributed by atoms with E-state index < -0.39 is 14.9 Å². The number of hydrogen-bond donors (Lipinski definition) is 2. The van der Waals surface area contributed by atoms with Gasteiger partial charge in [-0.15, -0.1) is 0 Å². The van der Waals surface area contributed by atoms with Crippen molar-refractivity contribution in [2.24, 2.45) is 5.92 Å². The van der Waals surface area contributed by atoms with E-state index >= 15 is 0 Å². The molecule has 1 saturated heterocycles. The number of sulfonamides is 1. The van der Waals surface area contributed by atoms with Gasteiger partial charge >= 0.3 is 0 Å². The van der Waals surface area contributed by atoms with Crippen LogP contribution in [0.2, 0.25) is 0 Å². The molecule has 1 aromatic carbocycles. The lowest BCUT2D eigenvalue weighted by Gasteiger charge is -2.34. The second kappa shape index (κ2) is 9.48. The molecule has 2 rings (SSSR count).